The van der Waals surface area contributed by atoms with Gasteiger partial charge < -0.3 is 25.6 Å². The lowest BCUT2D eigenvalue weighted by Crippen LogP contribution is -2.46. The molecule has 0 fully saturated rings. The first-order chi connectivity index (χ1) is 17.5. The van der Waals surface area contributed by atoms with E-state index in [0.717, 1.165) is 0 Å². The lowest BCUT2D eigenvalue weighted by Gasteiger charge is -2.37. The van der Waals surface area contributed by atoms with Crippen LogP contribution in [0.2, 0.25) is 0 Å². The summed E-state index contributed by atoms with van der Waals surface area (Å²) in [6.45, 7) is 0. The summed E-state index contributed by atoms with van der Waals surface area (Å²) in [4.78, 5) is 21.7. The minimum Gasteiger partial charge on any atom is -0.442 e. The maximum atomic E-state index is 13.3. The molecule has 0 spiro atoms. The molecule has 8 heteroatoms. The maximum Gasteiger partial charge on any atom is 0.290 e. The zero-order valence-electron chi connectivity index (χ0n) is 19.4. The highest BCUT2D eigenvalue weighted by Gasteiger charge is 2.43. The molecule has 0 saturated heterocycles. The van der Waals surface area contributed by atoms with Crippen molar-refractivity contribution in [3.8, 4) is 5.75 Å². The first-order valence-electron chi connectivity index (χ1n) is 11.6. The van der Waals surface area contributed by atoms with E-state index in [-0.39, 0.29) is 18.7 Å². The van der Waals surface area contributed by atoms with Crippen molar-refractivity contribution < 1.29 is 19.7 Å². The van der Waals surface area contributed by atoms with E-state index in [2.05, 4.69) is 20.6 Å². The number of benzene rings is 2. The van der Waals surface area contributed by atoms with Gasteiger partial charge in [-0.05, 0) is 29.8 Å². The first-order valence-corrected chi connectivity index (χ1v) is 11.6. The van der Waals surface area contributed by atoms with Gasteiger partial charge in [0.25, 0.3) is 5.91 Å². The van der Waals surface area contributed by atoms with Crippen molar-refractivity contribution in [2.24, 2.45) is 0 Å². The molecule has 2 atom stereocenters. The summed E-state index contributed by atoms with van der Waals surface area (Å²) in [6.07, 6.45) is 6.33. The number of nitrogens with zero attached hydrogens (tertiary/aromatic N) is 2. The number of anilines is 1. The number of hydrogen-bond donors (Lipinski definition) is 4. The van der Waals surface area contributed by atoms with Gasteiger partial charge in [-0.25, -0.2) is 0 Å². The zero-order valence-corrected chi connectivity index (χ0v) is 19.4. The van der Waals surface area contributed by atoms with Crippen LogP contribution in [0.3, 0.4) is 0 Å². The number of carbonyl (C=O) groups is 1. The summed E-state index contributed by atoms with van der Waals surface area (Å²) < 4.78 is 5.64. The number of carbonyl (C=O) groups excluding carboxylic acids is 1. The Hall–Kier alpha value is -4.27. The molecule has 1 aliphatic rings. The van der Waals surface area contributed by atoms with E-state index in [9.17, 15) is 15.0 Å². The highest BCUT2D eigenvalue weighted by atomic mass is 16.7. The Balaban J connectivity index is 1.43. The van der Waals surface area contributed by atoms with Crippen LogP contribution in [0.15, 0.2) is 104 Å². The summed E-state index contributed by atoms with van der Waals surface area (Å²) in [5, 5.41) is 29.0. The third-order valence-corrected chi connectivity index (χ3v) is 6.25. The molecule has 2 aromatic carbocycles. The lowest BCUT2D eigenvalue weighted by atomic mass is 9.78. The second-order valence-corrected chi connectivity index (χ2v) is 8.67. The van der Waals surface area contributed by atoms with Crippen LogP contribution in [0.5, 0.6) is 5.75 Å². The molecule has 4 aromatic rings. The number of nitrogens with one attached hydrogen (secondary N) is 2. The Morgan fingerprint density at radius 1 is 0.944 bits per heavy atom. The van der Waals surface area contributed by atoms with Crippen molar-refractivity contribution in [2.75, 3.05) is 5.32 Å². The predicted octanol–water partition coefficient (Wildman–Crippen LogP) is 3.50. The summed E-state index contributed by atoms with van der Waals surface area (Å²) in [5.74, 6) is -1.55. The molecule has 1 amide bonds. The number of ether oxygens (including phenoxy) is 1. The van der Waals surface area contributed by atoms with Crippen LogP contribution in [0.25, 0.3) is 0 Å². The van der Waals surface area contributed by atoms with Gasteiger partial charge in [0, 0.05) is 48.8 Å². The minimum atomic E-state index is -1.70. The van der Waals surface area contributed by atoms with Crippen LogP contribution >= 0.6 is 0 Å². The standard InChI is InChI=1S/C28H26N4O4/c33-25(14-15-27(34)32-23-12-4-5-13-24(23)36-27)31-26(20-8-2-1-3-9-20)28(35,21-10-6-16-29-18-21)22-11-7-17-30-19-22/h1-13,16-19,26,32,34-35H,14-15H2,(H,31,33). The molecule has 36 heavy (non-hydrogen) atoms. The first kappa shape index (κ1) is 23.5. The van der Waals surface area contributed by atoms with Crippen LogP contribution in [-0.2, 0) is 10.4 Å². The number of hydrogen-bond acceptors (Lipinski definition) is 7. The normalized spacial score (nSPS) is 17.4. The highest BCUT2D eigenvalue weighted by Crippen LogP contribution is 2.41. The monoisotopic (exact) mass is 482 g/mol. The predicted molar refractivity (Wildman–Crippen MR) is 134 cm³/mol. The van der Waals surface area contributed by atoms with Gasteiger partial charge in [-0.15, -0.1) is 0 Å². The molecule has 0 radical (unpaired) electrons. The molecule has 0 saturated carbocycles. The van der Waals surface area contributed by atoms with Gasteiger partial charge in [0.2, 0.25) is 5.91 Å². The van der Waals surface area contributed by atoms with Crippen molar-refractivity contribution in [2.45, 2.75) is 30.4 Å². The molecule has 5 rings (SSSR count). The smallest absolute Gasteiger partial charge is 0.290 e. The quantitative estimate of drug-likeness (QED) is 0.304. The molecule has 4 N–H and O–H groups in total. The van der Waals surface area contributed by atoms with Gasteiger partial charge in [0.1, 0.15) is 11.4 Å². The van der Waals surface area contributed by atoms with Gasteiger partial charge in [-0.3, -0.25) is 14.8 Å². The van der Waals surface area contributed by atoms with Crippen LogP contribution in [-0.4, -0.2) is 32.0 Å². The fraction of sp³-hybridized carbons (Fsp3) is 0.179. The largest absolute Gasteiger partial charge is 0.442 e. The summed E-state index contributed by atoms with van der Waals surface area (Å²) in [5.41, 5.74) is 0.686. The molecule has 1 aliphatic heterocycles. The van der Waals surface area contributed by atoms with Crippen molar-refractivity contribution in [1.82, 2.24) is 15.3 Å². The number of aromatic nitrogens is 2. The Morgan fingerprint density at radius 2 is 1.58 bits per heavy atom. The molecule has 0 aliphatic carbocycles. The Morgan fingerprint density at radius 3 is 2.19 bits per heavy atom. The van der Waals surface area contributed by atoms with Crippen molar-refractivity contribution in [3.05, 3.63) is 120 Å². The number of fused-ring (bicyclic) bond motifs is 1. The molecule has 2 aromatic heterocycles. The fourth-order valence-electron chi connectivity index (χ4n) is 4.46. The maximum absolute atomic E-state index is 13.3. The van der Waals surface area contributed by atoms with E-state index >= 15 is 0 Å². The fourth-order valence-corrected chi connectivity index (χ4v) is 4.46. The molecular weight excluding hydrogens is 456 g/mol. The Labute approximate surface area is 208 Å². The van der Waals surface area contributed by atoms with Crippen LogP contribution in [0.1, 0.15) is 35.6 Å². The number of pyridine rings is 2. The van der Waals surface area contributed by atoms with E-state index in [1.807, 2.05) is 36.4 Å². The topological polar surface area (TPSA) is 117 Å². The summed E-state index contributed by atoms with van der Waals surface area (Å²) in [6, 6.07) is 22.5. The second kappa shape index (κ2) is 9.77. The van der Waals surface area contributed by atoms with E-state index in [4.69, 9.17) is 4.74 Å². The minimum absolute atomic E-state index is 0.00671. The van der Waals surface area contributed by atoms with Gasteiger partial charge in [-0.1, -0.05) is 54.6 Å². The summed E-state index contributed by atoms with van der Waals surface area (Å²) in [7, 11) is 0. The second-order valence-electron chi connectivity index (χ2n) is 8.67. The zero-order chi connectivity index (χ0) is 25.0. The van der Waals surface area contributed by atoms with E-state index in [1.54, 1.807) is 67.3 Å². The van der Waals surface area contributed by atoms with E-state index in [0.29, 0.717) is 28.1 Å². The van der Waals surface area contributed by atoms with Gasteiger partial charge in [0.15, 0.2) is 0 Å². The average molecular weight is 483 g/mol. The number of aliphatic hydroxyl groups is 2. The van der Waals surface area contributed by atoms with Gasteiger partial charge in [0.05, 0.1) is 11.7 Å². The Kier molecular flexibility index (Phi) is 6.37. The molecule has 2 unspecified atom stereocenters. The third-order valence-electron chi connectivity index (χ3n) is 6.25. The number of rotatable bonds is 8. The van der Waals surface area contributed by atoms with Crippen molar-refractivity contribution in [1.29, 1.82) is 0 Å². The summed E-state index contributed by atoms with van der Waals surface area (Å²) >= 11 is 0. The van der Waals surface area contributed by atoms with E-state index in [1.165, 1.54) is 0 Å². The third kappa shape index (κ3) is 4.64. The molecule has 0 bridgehead atoms. The van der Waals surface area contributed by atoms with Crippen molar-refractivity contribution >= 4 is 11.6 Å². The number of amides is 1. The van der Waals surface area contributed by atoms with Gasteiger partial charge in [-0.2, -0.15) is 0 Å². The molecular formula is C28H26N4O4. The molecule has 8 nitrogen and oxygen atoms in total. The SMILES string of the molecule is O=C(CCC1(O)Nc2ccccc2O1)NC(c1ccccc1)C(O)(c1cccnc1)c1cccnc1. The van der Waals surface area contributed by atoms with Crippen LogP contribution in [0, 0.1) is 0 Å². The van der Waals surface area contributed by atoms with Crippen LogP contribution < -0.4 is 15.4 Å². The highest BCUT2D eigenvalue weighted by molar-refractivity contribution is 5.77. The number of para-hydroxylation sites is 2. The van der Waals surface area contributed by atoms with Crippen LogP contribution in [0.4, 0.5) is 5.69 Å². The van der Waals surface area contributed by atoms with E-state index < -0.39 is 17.6 Å². The average Bonchev–Trinajstić information content (AvgIpc) is 3.28. The molecule has 3 heterocycles. The molecule has 182 valence electrons. The Bertz CT molecular complexity index is 1250. The van der Waals surface area contributed by atoms with Crippen molar-refractivity contribution in [3.63, 3.8) is 0 Å². The lowest BCUT2D eigenvalue weighted by molar-refractivity contribution is -0.132. The van der Waals surface area contributed by atoms with Gasteiger partial charge >= 0.3 is 0 Å².